The molecular weight excluding hydrogens is 426 g/mol. The highest BCUT2D eigenvalue weighted by atomic mass is 35.5. The fraction of sp³-hybridized carbons (Fsp3) is 0.316. The van der Waals surface area contributed by atoms with Gasteiger partial charge in [-0.2, -0.15) is 13.1 Å². The molecule has 1 aliphatic heterocycles. The summed E-state index contributed by atoms with van der Waals surface area (Å²) in [7, 11) is -3.73. The van der Waals surface area contributed by atoms with E-state index in [0.29, 0.717) is 30.1 Å². The Morgan fingerprint density at radius 1 is 1.14 bits per heavy atom. The smallest absolute Gasteiger partial charge is 0.387 e. The number of amides is 1. The second kappa shape index (κ2) is 9.06. The van der Waals surface area contributed by atoms with E-state index in [1.807, 2.05) is 0 Å². The van der Waals surface area contributed by atoms with E-state index < -0.39 is 22.6 Å². The number of carbonyl (C=O) groups is 1. The third kappa shape index (κ3) is 5.43. The average Bonchev–Trinajstić information content (AvgIpc) is 2.69. The number of nitrogens with one attached hydrogen (secondary N) is 1. The van der Waals surface area contributed by atoms with Crippen molar-refractivity contribution in [3.8, 4) is 5.75 Å². The lowest BCUT2D eigenvalue weighted by Gasteiger charge is -2.31. The first kappa shape index (κ1) is 21.5. The maximum Gasteiger partial charge on any atom is 0.387 e. The average molecular weight is 445 g/mol. The molecule has 1 aliphatic rings. The molecule has 10 heteroatoms. The minimum atomic E-state index is -3.73. The number of hydrogen-bond donors (Lipinski definition) is 1. The van der Waals surface area contributed by atoms with Gasteiger partial charge in [0.25, 0.3) is 0 Å². The van der Waals surface area contributed by atoms with Gasteiger partial charge in [-0.25, -0.2) is 8.42 Å². The van der Waals surface area contributed by atoms with Gasteiger partial charge in [0.15, 0.2) is 0 Å². The van der Waals surface area contributed by atoms with E-state index in [2.05, 4.69) is 10.1 Å². The van der Waals surface area contributed by atoms with Crippen LogP contribution in [-0.4, -0.2) is 38.3 Å². The summed E-state index contributed by atoms with van der Waals surface area (Å²) in [4.78, 5) is 12.7. The molecule has 0 saturated carbocycles. The highest BCUT2D eigenvalue weighted by Crippen LogP contribution is 2.26. The van der Waals surface area contributed by atoms with Crippen molar-refractivity contribution in [1.82, 2.24) is 4.31 Å². The van der Waals surface area contributed by atoms with E-state index >= 15 is 0 Å². The molecule has 0 spiro atoms. The summed E-state index contributed by atoms with van der Waals surface area (Å²) < 4.78 is 55.6. The molecule has 1 atom stereocenters. The SMILES string of the molecule is O=C(Nc1ccc(OC(F)F)cc1)C1CCCN(S(=O)(=O)c2ccc(Cl)cc2)C1. The van der Waals surface area contributed by atoms with Crippen LogP contribution in [0.5, 0.6) is 5.75 Å². The van der Waals surface area contributed by atoms with Crippen LogP contribution in [0.25, 0.3) is 0 Å². The van der Waals surface area contributed by atoms with Crippen LogP contribution < -0.4 is 10.1 Å². The van der Waals surface area contributed by atoms with Crippen molar-refractivity contribution in [1.29, 1.82) is 0 Å². The van der Waals surface area contributed by atoms with Gasteiger partial charge in [-0.15, -0.1) is 0 Å². The number of nitrogens with zero attached hydrogens (tertiary/aromatic N) is 1. The lowest BCUT2D eigenvalue weighted by molar-refractivity contribution is -0.120. The van der Waals surface area contributed by atoms with Crippen LogP contribution in [0.15, 0.2) is 53.4 Å². The number of benzene rings is 2. The van der Waals surface area contributed by atoms with Crippen molar-refractivity contribution in [2.24, 2.45) is 5.92 Å². The van der Waals surface area contributed by atoms with Gasteiger partial charge in [-0.3, -0.25) is 4.79 Å². The van der Waals surface area contributed by atoms with Crippen LogP contribution in [0.4, 0.5) is 14.5 Å². The fourth-order valence-corrected chi connectivity index (χ4v) is 4.74. The molecule has 0 aliphatic carbocycles. The highest BCUT2D eigenvalue weighted by molar-refractivity contribution is 7.89. The number of alkyl halides is 2. The van der Waals surface area contributed by atoms with Gasteiger partial charge in [0.1, 0.15) is 5.75 Å². The first-order valence-corrected chi connectivity index (χ1v) is 10.7. The van der Waals surface area contributed by atoms with Crippen molar-refractivity contribution in [2.75, 3.05) is 18.4 Å². The van der Waals surface area contributed by atoms with Crippen molar-refractivity contribution in [3.63, 3.8) is 0 Å². The molecule has 2 aromatic rings. The van der Waals surface area contributed by atoms with E-state index in [-0.39, 0.29) is 23.1 Å². The van der Waals surface area contributed by atoms with E-state index in [1.165, 1.54) is 52.8 Å². The molecule has 29 heavy (non-hydrogen) atoms. The van der Waals surface area contributed by atoms with E-state index in [1.54, 1.807) is 0 Å². The normalized spacial score (nSPS) is 17.9. The first-order valence-electron chi connectivity index (χ1n) is 8.87. The predicted molar refractivity (Wildman–Crippen MR) is 105 cm³/mol. The van der Waals surface area contributed by atoms with Gasteiger partial charge in [0, 0.05) is 23.8 Å². The van der Waals surface area contributed by atoms with E-state index in [9.17, 15) is 22.0 Å². The summed E-state index contributed by atoms with van der Waals surface area (Å²) in [5, 5.41) is 3.13. The Morgan fingerprint density at radius 2 is 1.79 bits per heavy atom. The van der Waals surface area contributed by atoms with Crippen molar-refractivity contribution in [2.45, 2.75) is 24.3 Å². The maximum absolute atomic E-state index is 12.8. The molecule has 0 radical (unpaired) electrons. The summed E-state index contributed by atoms with van der Waals surface area (Å²) in [6, 6.07) is 11.4. The number of piperidine rings is 1. The number of sulfonamides is 1. The third-order valence-corrected chi connectivity index (χ3v) is 6.68. The third-order valence-electron chi connectivity index (χ3n) is 4.55. The monoisotopic (exact) mass is 444 g/mol. The number of ether oxygens (including phenoxy) is 1. The number of carbonyl (C=O) groups excluding carboxylic acids is 1. The quantitative estimate of drug-likeness (QED) is 0.731. The van der Waals surface area contributed by atoms with Gasteiger partial charge in [-0.05, 0) is 61.4 Å². The predicted octanol–water partition coefficient (Wildman–Crippen LogP) is 3.98. The van der Waals surface area contributed by atoms with Crippen molar-refractivity contribution in [3.05, 3.63) is 53.6 Å². The summed E-state index contributed by atoms with van der Waals surface area (Å²) in [5.41, 5.74) is 0.411. The zero-order valence-electron chi connectivity index (χ0n) is 15.2. The number of rotatable bonds is 6. The molecule has 1 saturated heterocycles. The molecule has 2 aromatic carbocycles. The lowest BCUT2D eigenvalue weighted by Crippen LogP contribution is -2.43. The standard InChI is InChI=1S/C19H19ClF2N2O4S/c20-14-3-9-17(10-4-14)29(26,27)24-11-1-2-13(12-24)18(25)23-15-5-7-16(8-6-15)28-19(21)22/h3-10,13,19H,1-2,11-12H2,(H,23,25). The van der Waals surface area contributed by atoms with Gasteiger partial charge in [-0.1, -0.05) is 11.6 Å². The molecule has 3 rings (SSSR count). The largest absolute Gasteiger partial charge is 0.435 e. The summed E-state index contributed by atoms with van der Waals surface area (Å²) >= 11 is 5.82. The molecule has 0 bridgehead atoms. The summed E-state index contributed by atoms with van der Waals surface area (Å²) in [6.07, 6.45) is 1.09. The molecule has 1 amide bonds. The second-order valence-electron chi connectivity index (χ2n) is 6.55. The molecule has 1 unspecified atom stereocenters. The first-order chi connectivity index (χ1) is 13.8. The Morgan fingerprint density at radius 3 is 2.41 bits per heavy atom. The van der Waals surface area contributed by atoms with Gasteiger partial charge < -0.3 is 10.1 Å². The topological polar surface area (TPSA) is 75.7 Å². The fourth-order valence-electron chi connectivity index (χ4n) is 3.09. The Kier molecular flexibility index (Phi) is 6.71. The molecule has 1 heterocycles. The Bertz CT molecular complexity index is 953. The molecule has 6 nitrogen and oxygen atoms in total. The van der Waals surface area contributed by atoms with Gasteiger partial charge >= 0.3 is 6.61 Å². The van der Waals surface area contributed by atoms with Crippen molar-refractivity contribution >= 4 is 33.2 Å². The van der Waals surface area contributed by atoms with Crippen LogP contribution in [-0.2, 0) is 14.8 Å². The Hall–Kier alpha value is -2.23. The molecule has 0 aromatic heterocycles. The number of hydrogen-bond acceptors (Lipinski definition) is 4. The van der Waals surface area contributed by atoms with Crippen LogP contribution in [0.2, 0.25) is 5.02 Å². The zero-order chi connectivity index (χ0) is 21.0. The summed E-state index contributed by atoms with van der Waals surface area (Å²) in [6.45, 7) is -2.54. The Labute approximate surface area is 172 Å². The van der Waals surface area contributed by atoms with E-state index in [4.69, 9.17) is 11.6 Å². The lowest BCUT2D eigenvalue weighted by atomic mass is 9.99. The maximum atomic E-state index is 12.8. The highest BCUT2D eigenvalue weighted by Gasteiger charge is 2.33. The second-order valence-corrected chi connectivity index (χ2v) is 8.92. The summed E-state index contributed by atoms with van der Waals surface area (Å²) in [5.74, 6) is -0.873. The van der Waals surface area contributed by atoms with Crippen LogP contribution in [0, 0.1) is 5.92 Å². The minimum absolute atomic E-state index is 0.0177. The molecule has 1 fully saturated rings. The zero-order valence-corrected chi connectivity index (χ0v) is 16.8. The van der Waals surface area contributed by atoms with Crippen LogP contribution in [0.1, 0.15) is 12.8 Å². The van der Waals surface area contributed by atoms with Crippen molar-refractivity contribution < 1.29 is 26.7 Å². The van der Waals surface area contributed by atoms with Gasteiger partial charge in [0.2, 0.25) is 15.9 Å². The van der Waals surface area contributed by atoms with Crippen LogP contribution in [0.3, 0.4) is 0 Å². The molecule has 1 N–H and O–H groups in total. The minimum Gasteiger partial charge on any atom is -0.435 e. The van der Waals surface area contributed by atoms with E-state index in [0.717, 1.165) is 0 Å². The van der Waals surface area contributed by atoms with Crippen LogP contribution >= 0.6 is 11.6 Å². The molecular formula is C19H19ClF2N2O4S. The van der Waals surface area contributed by atoms with Gasteiger partial charge in [0.05, 0.1) is 10.8 Å². The Balaban J connectivity index is 1.65. The number of halogens is 3. The number of anilines is 1. The molecule has 156 valence electrons.